The molecule has 1 unspecified atom stereocenters. The number of hydrogen-bond acceptors (Lipinski definition) is 5. The highest BCUT2D eigenvalue weighted by Gasteiger charge is 2.37. The number of H-pyrrole nitrogens is 1. The summed E-state index contributed by atoms with van der Waals surface area (Å²) >= 11 is 12.3. The zero-order chi connectivity index (χ0) is 22.5. The largest absolute Gasteiger partial charge is 0.376 e. The van der Waals surface area contributed by atoms with Gasteiger partial charge in [0.15, 0.2) is 0 Å². The van der Waals surface area contributed by atoms with Crippen molar-refractivity contribution in [2.24, 2.45) is 0 Å². The van der Waals surface area contributed by atoms with E-state index in [0.717, 1.165) is 0 Å². The van der Waals surface area contributed by atoms with Crippen LogP contribution in [-0.4, -0.2) is 40.8 Å². The number of amides is 1. The van der Waals surface area contributed by atoms with Crippen molar-refractivity contribution >= 4 is 29.1 Å². The van der Waals surface area contributed by atoms with E-state index in [1.807, 2.05) is 13.8 Å². The first-order valence-corrected chi connectivity index (χ1v) is 10.9. The van der Waals surface area contributed by atoms with Gasteiger partial charge >= 0.3 is 5.69 Å². The molecule has 1 aromatic carbocycles. The monoisotopic (exact) mass is 469 g/mol. The smallest absolute Gasteiger partial charge is 0.330 e. The second-order valence-electron chi connectivity index (χ2n) is 7.21. The molecule has 1 saturated heterocycles. The Morgan fingerprint density at radius 3 is 2.65 bits per heavy atom. The van der Waals surface area contributed by atoms with Gasteiger partial charge in [0, 0.05) is 41.4 Å². The maximum absolute atomic E-state index is 12.4. The van der Waals surface area contributed by atoms with Crippen molar-refractivity contribution in [2.45, 2.75) is 51.5 Å². The first-order chi connectivity index (χ1) is 14.8. The number of carbonyl (C=O) groups is 1. The quantitative estimate of drug-likeness (QED) is 0.617. The standard InChI is InChI=1S/C21H25Cl2N3O5/c1-3-12-11-26(21(29)25-20(12)28)19-9-16(30-4-2)17(31-19)10-24-18(27)8-13-14(22)6-5-7-15(13)23/h5-7,11,16-17,19H,3-4,8-10H2,1-2H3,(H,24,27)(H,25,28,29)/t16?,17-,19-/m0/s1. The molecule has 2 aromatic rings. The number of aromatic amines is 1. The Labute approximate surface area is 189 Å². The van der Waals surface area contributed by atoms with Gasteiger partial charge in [0.2, 0.25) is 5.91 Å². The summed E-state index contributed by atoms with van der Waals surface area (Å²) in [5.74, 6) is -0.258. The molecule has 3 atom stereocenters. The summed E-state index contributed by atoms with van der Waals surface area (Å²) in [6, 6.07) is 5.07. The van der Waals surface area contributed by atoms with Crippen LogP contribution in [0.15, 0.2) is 34.0 Å². The summed E-state index contributed by atoms with van der Waals surface area (Å²) in [6.45, 7) is 4.35. The maximum atomic E-state index is 12.4. The predicted molar refractivity (Wildman–Crippen MR) is 118 cm³/mol. The lowest BCUT2D eigenvalue weighted by atomic mass is 10.1. The number of rotatable bonds is 8. The average molecular weight is 470 g/mol. The third-order valence-corrected chi connectivity index (χ3v) is 5.90. The third kappa shape index (κ3) is 5.57. The number of carbonyl (C=O) groups excluding carboxylic acids is 1. The van der Waals surface area contributed by atoms with Gasteiger partial charge in [-0.15, -0.1) is 0 Å². The number of aryl methyl sites for hydroxylation is 1. The van der Waals surface area contributed by atoms with E-state index >= 15 is 0 Å². The van der Waals surface area contributed by atoms with Crippen LogP contribution in [0.2, 0.25) is 10.0 Å². The molecule has 2 heterocycles. The second kappa shape index (κ2) is 10.5. The van der Waals surface area contributed by atoms with Crippen molar-refractivity contribution in [2.75, 3.05) is 13.2 Å². The summed E-state index contributed by atoms with van der Waals surface area (Å²) in [5.41, 5.74) is 0.108. The fourth-order valence-corrected chi connectivity index (χ4v) is 4.11. The van der Waals surface area contributed by atoms with Gasteiger partial charge in [-0.05, 0) is 31.0 Å². The number of benzene rings is 1. The van der Waals surface area contributed by atoms with Crippen LogP contribution >= 0.6 is 23.2 Å². The Morgan fingerprint density at radius 1 is 1.29 bits per heavy atom. The lowest BCUT2D eigenvalue weighted by Crippen LogP contribution is -2.39. The van der Waals surface area contributed by atoms with E-state index in [1.54, 1.807) is 18.2 Å². The highest BCUT2D eigenvalue weighted by Crippen LogP contribution is 2.30. The molecule has 1 aromatic heterocycles. The molecule has 3 rings (SSSR count). The topological polar surface area (TPSA) is 102 Å². The van der Waals surface area contributed by atoms with Crippen molar-refractivity contribution in [1.29, 1.82) is 0 Å². The van der Waals surface area contributed by atoms with Crippen LogP contribution in [0.5, 0.6) is 0 Å². The number of ether oxygens (including phenoxy) is 2. The summed E-state index contributed by atoms with van der Waals surface area (Å²) in [5, 5.41) is 3.68. The number of hydrogen-bond donors (Lipinski definition) is 2. The van der Waals surface area contributed by atoms with Crippen LogP contribution in [0, 0.1) is 0 Å². The van der Waals surface area contributed by atoms with E-state index in [0.29, 0.717) is 40.6 Å². The molecule has 2 N–H and O–H groups in total. The van der Waals surface area contributed by atoms with Crippen molar-refractivity contribution in [3.8, 4) is 0 Å². The van der Waals surface area contributed by atoms with Crippen LogP contribution < -0.4 is 16.6 Å². The van der Waals surface area contributed by atoms with E-state index in [9.17, 15) is 14.4 Å². The Kier molecular flexibility index (Phi) is 7.94. The molecule has 0 spiro atoms. The molecule has 0 aliphatic carbocycles. The van der Waals surface area contributed by atoms with Crippen LogP contribution in [-0.2, 0) is 27.1 Å². The highest BCUT2D eigenvalue weighted by molar-refractivity contribution is 6.36. The first-order valence-electron chi connectivity index (χ1n) is 10.1. The lowest BCUT2D eigenvalue weighted by molar-refractivity contribution is -0.121. The van der Waals surface area contributed by atoms with Gasteiger partial charge in [0.25, 0.3) is 5.56 Å². The summed E-state index contributed by atoms with van der Waals surface area (Å²) in [7, 11) is 0. The third-order valence-electron chi connectivity index (χ3n) is 5.19. The molecular weight excluding hydrogens is 445 g/mol. The number of nitrogens with zero attached hydrogens (tertiary/aromatic N) is 1. The minimum Gasteiger partial charge on any atom is -0.376 e. The van der Waals surface area contributed by atoms with E-state index in [2.05, 4.69) is 10.3 Å². The zero-order valence-corrected chi connectivity index (χ0v) is 18.8. The van der Waals surface area contributed by atoms with Crippen molar-refractivity contribution in [1.82, 2.24) is 14.9 Å². The van der Waals surface area contributed by atoms with Crippen LogP contribution in [0.4, 0.5) is 0 Å². The molecule has 1 fully saturated rings. The van der Waals surface area contributed by atoms with Gasteiger partial charge in [-0.2, -0.15) is 0 Å². The van der Waals surface area contributed by atoms with E-state index in [1.165, 1.54) is 10.8 Å². The molecule has 168 valence electrons. The molecule has 0 radical (unpaired) electrons. The van der Waals surface area contributed by atoms with Crippen LogP contribution in [0.3, 0.4) is 0 Å². The van der Waals surface area contributed by atoms with Gasteiger partial charge in [0.1, 0.15) is 12.3 Å². The normalized spacial score (nSPS) is 20.7. The van der Waals surface area contributed by atoms with Crippen LogP contribution in [0.1, 0.15) is 37.6 Å². The van der Waals surface area contributed by atoms with Gasteiger partial charge in [-0.1, -0.05) is 36.2 Å². The predicted octanol–water partition coefficient (Wildman–Crippen LogP) is 2.46. The number of halogens is 2. The molecule has 0 bridgehead atoms. The fourth-order valence-electron chi connectivity index (χ4n) is 3.58. The highest BCUT2D eigenvalue weighted by atomic mass is 35.5. The summed E-state index contributed by atoms with van der Waals surface area (Å²) < 4.78 is 13.2. The van der Waals surface area contributed by atoms with E-state index < -0.39 is 23.6 Å². The SMILES string of the molecule is CCOC1C[C@@H](n2cc(CC)c(=O)[nH]c2=O)O[C@H]1CNC(=O)Cc1c(Cl)cccc1Cl. The van der Waals surface area contributed by atoms with Gasteiger partial charge in [0.05, 0.1) is 12.5 Å². The maximum Gasteiger partial charge on any atom is 0.330 e. The summed E-state index contributed by atoms with van der Waals surface area (Å²) in [6.07, 6.45) is 1.08. The molecule has 10 heteroatoms. The first kappa shape index (κ1) is 23.5. The Balaban J connectivity index is 1.69. The minimum atomic E-state index is -0.605. The molecule has 1 aliphatic heterocycles. The molecule has 1 aliphatic rings. The number of aromatic nitrogens is 2. The van der Waals surface area contributed by atoms with Gasteiger partial charge in [-0.25, -0.2) is 4.79 Å². The van der Waals surface area contributed by atoms with Crippen molar-refractivity contribution in [3.05, 3.63) is 66.4 Å². The molecule has 8 nitrogen and oxygen atoms in total. The van der Waals surface area contributed by atoms with Crippen molar-refractivity contribution in [3.63, 3.8) is 0 Å². The van der Waals surface area contributed by atoms with E-state index in [-0.39, 0.29) is 25.0 Å². The molecule has 31 heavy (non-hydrogen) atoms. The molecule has 1 amide bonds. The molecular formula is C21H25Cl2N3O5. The van der Waals surface area contributed by atoms with Crippen LogP contribution in [0.25, 0.3) is 0 Å². The minimum absolute atomic E-state index is 0.0349. The van der Waals surface area contributed by atoms with Gasteiger partial charge < -0.3 is 14.8 Å². The lowest BCUT2D eigenvalue weighted by Gasteiger charge is -2.19. The Hall–Kier alpha value is -2.13. The van der Waals surface area contributed by atoms with E-state index in [4.69, 9.17) is 32.7 Å². The molecule has 0 saturated carbocycles. The zero-order valence-electron chi connectivity index (χ0n) is 17.3. The van der Waals surface area contributed by atoms with Crippen molar-refractivity contribution < 1.29 is 14.3 Å². The fraction of sp³-hybridized carbons (Fsp3) is 0.476. The Morgan fingerprint density at radius 2 is 2.00 bits per heavy atom. The number of nitrogens with one attached hydrogen (secondary N) is 2. The average Bonchev–Trinajstić information content (AvgIpc) is 3.12. The second-order valence-corrected chi connectivity index (χ2v) is 8.03. The van der Waals surface area contributed by atoms with Gasteiger partial charge in [-0.3, -0.25) is 19.1 Å². The Bertz CT molecular complexity index is 1030. The summed E-state index contributed by atoms with van der Waals surface area (Å²) in [4.78, 5) is 38.9.